The van der Waals surface area contributed by atoms with Crippen molar-refractivity contribution in [3.05, 3.63) is 95.7 Å². The number of carboxylic acid groups (broad SMARTS) is 1. The Bertz CT molecular complexity index is 1380. The van der Waals surface area contributed by atoms with Gasteiger partial charge in [0.25, 0.3) is 0 Å². The maximum absolute atomic E-state index is 12.8. The van der Waals surface area contributed by atoms with Gasteiger partial charge < -0.3 is 19.7 Å². The van der Waals surface area contributed by atoms with Gasteiger partial charge >= 0.3 is 12.1 Å². The standard InChI is InChI=1S/C30H30N2O4/c1-3-19(2)32-17-20(21-10-8-9-15-28(21)32)16-27(29(33)34)31-30(35)36-18-26-24-13-6-4-11-22(24)23-12-5-7-14-25(23)26/h4-15,17,19,26-27H,3,16,18H2,1-2H3,(H,31,35)(H,33,34). The van der Waals surface area contributed by atoms with Crippen molar-refractivity contribution < 1.29 is 19.4 Å². The van der Waals surface area contributed by atoms with E-state index >= 15 is 0 Å². The van der Waals surface area contributed by atoms with E-state index in [1.165, 1.54) is 0 Å². The van der Waals surface area contributed by atoms with Gasteiger partial charge in [-0.1, -0.05) is 73.7 Å². The van der Waals surface area contributed by atoms with Gasteiger partial charge in [0.2, 0.25) is 0 Å². The van der Waals surface area contributed by atoms with Crippen LogP contribution in [0.4, 0.5) is 4.79 Å². The molecule has 2 N–H and O–H groups in total. The van der Waals surface area contributed by atoms with Gasteiger partial charge in [-0.3, -0.25) is 0 Å². The molecule has 0 bridgehead atoms. The second kappa shape index (κ2) is 9.90. The molecule has 5 rings (SSSR count). The number of aromatic nitrogens is 1. The summed E-state index contributed by atoms with van der Waals surface area (Å²) < 4.78 is 7.77. The first-order chi connectivity index (χ1) is 17.5. The summed E-state index contributed by atoms with van der Waals surface area (Å²) >= 11 is 0. The minimum atomic E-state index is -1.10. The van der Waals surface area contributed by atoms with Crippen LogP contribution in [0.5, 0.6) is 0 Å². The molecule has 0 fully saturated rings. The molecule has 0 spiro atoms. The number of alkyl carbamates (subject to hydrolysis) is 1. The van der Waals surface area contributed by atoms with Crippen molar-refractivity contribution >= 4 is 23.0 Å². The van der Waals surface area contributed by atoms with Gasteiger partial charge in [0.15, 0.2) is 0 Å². The smallest absolute Gasteiger partial charge is 0.407 e. The average Bonchev–Trinajstić information content (AvgIpc) is 3.42. The van der Waals surface area contributed by atoms with Gasteiger partial charge in [-0.2, -0.15) is 0 Å². The Kier molecular flexibility index (Phi) is 6.51. The van der Waals surface area contributed by atoms with Crippen LogP contribution in [0.3, 0.4) is 0 Å². The zero-order valence-electron chi connectivity index (χ0n) is 20.5. The summed E-state index contributed by atoms with van der Waals surface area (Å²) in [5, 5.41) is 13.5. The van der Waals surface area contributed by atoms with E-state index in [1.807, 2.05) is 66.9 Å². The quantitative estimate of drug-likeness (QED) is 0.316. The second-order valence-electron chi connectivity index (χ2n) is 9.40. The highest BCUT2D eigenvalue weighted by Crippen LogP contribution is 2.44. The molecule has 0 saturated carbocycles. The molecule has 3 aromatic carbocycles. The number of ether oxygens (including phenoxy) is 1. The number of benzene rings is 3. The van der Waals surface area contributed by atoms with Gasteiger partial charge in [0, 0.05) is 35.5 Å². The highest BCUT2D eigenvalue weighted by molar-refractivity contribution is 5.86. The zero-order valence-corrected chi connectivity index (χ0v) is 20.5. The van der Waals surface area contributed by atoms with Gasteiger partial charge in [0.05, 0.1) is 0 Å². The maximum atomic E-state index is 12.8. The number of amides is 1. The summed E-state index contributed by atoms with van der Waals surface area (Å²) in [6.07, 6.45) is 2.41. The summed E-state index contributed by atoms with van der Waals surface area (Å²) in [4.78, 5) is 24.8. The van der Waals surface area contributed by atoms with Crippen LogP contribution in [-0.4, -0.2) is 34.4 Å². The first kappa shape index (κ1) is 23.7. The molecule has 36 heavy (non-hydrogen) atoms. The van der Waals surface area contributed by atoms with Gasteiger partial charge in [0.1, 0.15) is 12.6 Å². The number of carbonyl (C=O) groups excluding carboxylic acids is 1. The molecule has 4 aromatic rings. The third-order valence-corrected chi connectivity index (χ3v) is 7.25. The largest absolute Gasteiger partial charge is 0.480 e. The molecule has 0 radical (unpaired) electrons. The Hall–Kier alpha value is -4.06. The van der Waals surface area contributed by atoms with Crippen molar-refractivity contribution in [3.8, 4) is 11.1 Å². The fraction of sp³-hybridized carbons (Fsp3) is 0.267. The second-order valence-corrected chi connectivity index (χ2v) is 9.40. The van der Waals surface area contributed by atoms with Crippen LogP contribution in [0, 0.1) is 0 Å². The van der Waals surface area contributed by atoms with Crippen molar-refractivity contribution in [2.24, 2.45) is 0 Å². The predicted octanol–water partition coefficient (Wildman–Crippen LogP) is 6.15. The highest BCUT2D eigenvalue weighted by Gasteiger charge is 2.30. The van der Waals surface area contributed by atoms with E-state index < -0.39 is 18.1 Å². The number of nitrogens with zero attached hydrogens (tertiary/aromatic N) is 1. The van der Waals surface area contributed by atoms with Crippen molar-refractivity contribution in [3.63, 3.8) is 0 Å². The highest BCUT2D eigenvalue weighted by atomic mass is 16.5. The predicted molar refractivity (Wildman–Crippen MR) is 140 cm³/mol. The summed E-state index contributed by atoms with van der Waals surface area (Å²) in [7, 11) is 0. The molecule has 2 atom stereocenters. The molecule has 1 aliphatic rings. The third kappa shape index (κ3) is 4.35. The molecule has 6 nitrogen and oxygen atoms in total. The Morgan fingerprint density at radius 1 is 0.972 bits per heavy atom. The van der Waals surface area contributed by atoms with Crippen molar-refractivity contribution in [2.75, 3.05) is 6.61 Å². The molecule has 1 heterocycles. The Labute approximate surface area is 210 Å². The minimum Gasteiger partial charge on any atom is -0.480 e. The third-order valence-electron chi connectivity index (χ3n) is 7.25. The molecule has 184 valence electrons. The van der Waals surface area contributed by atoms with Gasteiger partial charge in [-0.15, -0.1) is 0 Å². The van der Waals surface area contributed by atoms with E-state index in [9.17, 15) is 14.7 Å². The Balaban J connectivity index is 1.31. The van der Waals surface area contributed by atoms with Crippen molar-refractivity contribution in [1.82, 2.24) is 9.88 Å². The van der Waals surface area contributed by atoms with E-state index in [0.29, 0.717) is 0 Å². The topological polar surface area (TPSA) is 80.6 Å². The number of aliphatic carboxylic acids is 1. The lowest BCUT2D eigenvalue weighted by Crippen LogP contribution is -2.42. The minimum absolute atomic E-state index is 0.0834. The van der Waals surface area contributed by atoms with E-state index in [4.69, 9.17) is 4.74 Å². The molecule has 0 saturated heterocycles. The van der Waals surface area contributed by atoms with Crippen LogP contribution in [0.2, 0.25) is 0 Å². The number of para-hydroxylation sites is 1. The van der Waals surface area contributed by atoms with Crippen molar-refractivity contribution in [2.45, 2.75) is 44.7 Å². The first-order valence-corrected chi connectivity index (χ1v) is 12.4. The van der Waals surface area contributed by atoms with E-state index in [-0.39, 0.29) is 25.0 Å². The van der Waals surface area contributed by atoms with Crippen LogP contribution in [0.1, 0.15) is 48.9 Å². The molecular weight excluding hydrogens is 452 g/mol. The summed E-state index contributed by atoms with van der Waals surface area (Å²) in [6, 6.07) is 23.4. The van der Waals surface area contributed by atoms with E-state index in [0.717, 1.165) is 45.1 Å². The number of rotatable bonds is 8. The first-order valence-electron chi connectivity index (χ1n) is 12.4. The molecule has 1 amide bonds. The Morgan fingerprint density at radius 2 is 1.58 bits per heavy atom. The van der Waals surface area contributed by atoms with E-state index in [2.05, 4.69) is 35.9 Å². The molecule has 2 unspecified atom stereocenters. The molecule has 1 aromatic heterocycles. The number of carbonyl (C=O) groups is 2. The number of nitrogens with one attached hydrogen (secondary N) is 1. The van der Waals surface area contributed by atoms with Crippen molar-refractivity contribution in [1.29, 1.82) is 0 Å². The average molecular weight is 483 g/mol. The normalized spacial score (nSPS) is 14.2. The number of carboxylic acids is 1. The van der Waals surface area contributed by atoms with Crippen LogP contribution >= 0.6 is 0 Å². The number of hydrogen-bond donors (Lipinski definition) is 2. The van der Waals surface area contributed by atoms with Crippen LogP contribution in [0.25, 0.3) is 22.0 Å². The lowest BCUT2D eigenvalue weighted by molar-refractivity contribution is -0.139. The van der Waals surface area contributed by atoms with Gasteiger partial charge in [-0.05, 0) is 47.2 Å². The summed E-state index contributed by atoms with van der Waals surface area (Å²) in [5.74, 6) is -1.18. The summed E-state index contributed by atoms with van der Waals surface area (Å²) in [5.41, 5.74) is 6.45. The van der Waals surface area contributed by atoms with Crippen LogP contribution in [0.15, 0.2) is 79.0 Å². The SMILES string of the molecule is CCC(C)n1cc(CC(NC(=O)OCC2c3ccccc3-c3ccccc32)C(=O)O)c2ccccc21. The Morgan fingerprint density at radius 3 is 2.22 bits per heavy atom. The zero-order chi connectivity index (χ0) is 25.2. The summed E-state index contributed by atoms with van der Waals surface area (Å²) in [6.45, 7) is 4.40. The molecular formula is C30H30N2O4. The number of fused-ring (bicyclic) bond motifs is 4. The van der Waals surface area contributed by atoms with E-state index in [1.54, 1.807) is 0 Å². The van der Waals surface area contributed by atoms with Gasteiger partial charge in [-0.25, -0.2) is 9.59 Å². The monoisotopic (exact) mass is 482 g/mol. The molecule has 6 heteroatoms. The molecule has 0 aliphatic heterocycles. The fourth-order valence-electron chi connectivity index (χ4n) is 5.20. The lowest BCUT2D eigenvalue weighted by Gasteiger charge is -2.17. The van der Waals surface area contributed by atoms with Crippen LogP contribution in [-0.2, 0) is 16.0 Å². The maximum Gasteiger partial charge on any atom is 0.407 e. The molecule has 1 aliphatic carbocycles. The lowest BCUT2D eigenvalue weighted by atomic mass is 9.98. The number of hydrogen-bond acceptors (Lipinski definition) is 3. The van der Waals surface area contributed by atoms with Crippen LogP contribution < -0.4 is 5.32 Å². The fourth-order valence-corrected chi connectivity index (χ4v) is 5.20.